The summed E-state index contributed by atoms with van der Waals surface area (Å²) in [6.45, 7) is 16.0. The molecule has 20 heteroatoms. The van der Waals surface area contributed by atoms with Crippen LogP contribution in [0.3, 0.4) is 0 Å². The molecule has 0 saturated heterocycles. The van der Waals surface area contributed by atoms with Crippen molar-refractivity contribution in [2.24, 2.45) is 0 Å². The van der Waals surface area contributed by atoms with Crippen LogP contribution >= 0.6 is 0 Å². The van der Waals surface area contributed by atoms with Gasteiger partial charge in [-0.15, -0.1) is 0 Å². The first-order chi connectivity index (χ1) is 58.2. The number of benzene rings is 5. The Labute approximate surface area is 765 Å². The van der Waals surface area contributed by atoms with E-state index in [0.717, 1.165) is 352 Å². The maximum Gasteiger partial charge on any atom is 0.123 e. The van der Waals surface area contributed by atoms with E-state index in [0.29, 0.717) is 98.2 Å². The minimum atomic E-state index is 0.507. The molecular formula is C105H190N10O10+10. The molecule has 0 aromatic heterocycles. The minimum absolute atomic E-state index is 0.507. The SMILES string of the molecule is C[N+](C)(C)CCCCOc1cc2c(OCCCC[N+](C)(C)C)cc1Cc1cc(OCCCC[N+](C)(C)C)c(cc1OCCCC[N+](C)(C)C)Cc1cc(OCCCC[N+](C)(C)C)c(cc1OCCCC[N+](C)(C)C)Cc1cc(OCCCC[N+](C)(C)C)c(cc1OCCCC[N+](C)(C)C)Cc1cc(OCCCC[N+](C)(C)C)c(cc1OCCCC[N+](C)(C)C)C2. The Morgan fingerprint density at radius 3 is 0.288 bits per heavy atom. The molecule has 0 fully saturated rings. The third-order valence-corrected chi connectivity index (χ3v) is 22.9. The number of rotatable bonds is 60. The molecule has 10 aliphatic rings. The predicted molar refractivity (Wildman–Crippen MR) is 523 cm³/mol. The van der Waals surface area contributed by atoms with Gasteiger partial charge >= 0.3 is 0 Å². The average molecular weight is 1750 g/mol. The summed E-state index contributed by atoms with van der Waals surface area (Å²) in [6.07, 6.45) is 21.9. The lowest BCUT2D eigenvalue weighted by molar-refractivity contribution is -0.870. The van der Waals surface area contributed by atoms with Crippen molar-refractivity contribution >= 4 is 0 Å². The molecule has 0 radical (unpaired) electrons. The molecule has 0 aliphatic heterocycles. The zero-order chi connectivity index (χ0) is 92.5. The number of nitrogens with zero attached hydrogens (tertiary/aromatic N) is 10. The van der Waals surface area contributed by atoms with Crippen molar-refractivity contribution in [1.82, 2.24) is 0 Å². The van der Waals surface area contributed by atoms with Crippen LogP contribution in [0.2, 0.25) is 0 Å². The van der Waals surface area contributed by atoms with E-state index in [1.165, 1.54) is 0 Å². The van der Waals surface area contributed by atoms with Crippen LogP contribution in [0, 0.1) is 0 Å². The van der Waals surface area contributed by atoms with Crippen LogP contribution in [0.15, 0.2) is 60.7 Å². The van der Waals surface area contributed by atoms with Gasteiger partial charge in [-0.3, -0.25) is 0 Å². The fraction of sp³-hybridized carbons (Fsp3) is 0.714. The predicted octanol–water partition coefficient (Wildman–Crippen LogP) is 16.6. The van der Waals surface area contributed by atoms with E-state index >= 15 is 0 Å². The number of ether oxygens (including phenoxy) is 10. The number of hydrogen-bond acceptors (Lipinski definition) is 10. The molecule has 0 spiro atoms. The Kier molecular flexibility index (Phi) is 43.2. The van der Waals surface area contributed by atoms with Crippen LogP contribution < -0.4 is 47.4 Å². The zero-order valence-corrected chi connectivity index (χ0v) is 86.1. The van der Waals surface area contributed by atoms with E-state index in [1.54, 1.807) is 0 Å². The molecule has 10 aliphatic carbocycles. The van der Waals surface area contributed by atoms with E-state index in [4.69, 9.17) is 47.4 Å². The highest BCUT2D eigenvalue weighted by Crippen LogP contribution is 2.44. The lowest BCUT2D eigenvalue weighted by Crippen LogP contribution is -2.35. The fourth-order valence-electron chi connectivity index (χ4n) is 15.7. The molecule has 5 aromatic rings. The molecule has 710 valence electrons. The first-order valence-corrected chi connectivity index (χ1v) is 48.3. The molecular weight excluding hydrogens is 1560 g/mol. The summed E-state index contributed by atoms with van der Waals surface area (Å²) in [4.78, 5) is 0. The van der Waals surface area contributed by atoms with Crippen LogP contribution in [0.5, 0.6) is 57.5 Å². The van der Waals surface area contributed by atoms with Crippen molar-refractivity contribution in [2.75, 3.05) is 343 Å². The Morgan fingerprint density at radius 2 is 0.216 bits per heavy atom. The van der Waals surface area contributed by atoms with Crippen LogP contribution in [0.25, 0.3) is 0 Å². The number of unbranched alkanes of at least 4 members (excludes halogenated alkanes) is 10. The Hall–Kier alpha value is -6.30. The van der Waals surface area contributed by atoms with Crippen molar-refractivity contribution < 1.29 is 92.2 Å². The Morgan fingerprint density at radius 1 is 0.136 bits per heavy atom. The molecule has 15 rings (SSSR count). The Balaban J connectivity index is 1.85. The van der Waals surface area contributed by atoms with E-state index in [-0.39, 0.29) is 0 Å². The normalized spacial score (nSPS) is 13.5. The van der Waals surface area contributed by atoms with Crippen LogP contribution in [-0.4, -0.2) is 388 Å². The topological polar surface area (TPSA) is 92.3 Å². The van der Waals surface area contributed by atoms with Crippen molar-refractivity contribution in [2.45, 2.75) is 161 Å². The lowest BCUT2D eigenvalue weighted by Gasteiger charge is -2.25. The number of quaternary nitrogens is 10. The van der Waals surface area contributed by atoms with Crippen LogP contribution in [-0.2, 0) is 32.1 Å². The molecule has 20 nitrogen and oxygen atoms in total. The van der Waals surface area contributed by atoms with Gasteiger partial charge in [-0.25, -0.2) is 0 Å². The van der Waals surface area contributed by atoms with Gasteiger partial charge in [0.2, 0.25) is 0 Å². The monoisotopic (exact) mass is 1750 g/mol. The van der Waals surface area contributed by atoms with Gasteiger partial charge in [0.05, 0.1) is 343 Å². The molecule has 0 saturated carbocycles. The molecule has 0 N–H and O–H groups in total. The quantitative estimate of drug-likeness (QED) is 0.0272. The van der Waals surface area contributed by atoms with Crippen molar-refractivity contribution in [3.63, 3.8) is 0 Å². The highest BCUT2D eigenvalue weighted by Gasteiger charge is 2.28. The molecule has 0 heterocycles. The van der Waals surface area contributed by atoms with Gasteiger partial charge in [0.15, 0.2) is 0 Å². The lowest BCUT2D eigenvalue weighted by atomic mass is 9.94. The second kappa shape index (κ2) is 50.2. The summed E-state index contributed by atoms with van der Waals surface area (Å²) in [6, 6.07) is 23.2. The summed E-state index contributed by atoms with van der Waals surface area (Å²) < 4.78 is 82.6. The maximum atomic E-state index is 7.37. The molecule has 0 atom stereocenters. The first kappa shape index (κ1) is 107. The third kappa shape index (κ3) is 46.7. The van der Waals surface area contributed by atoms with Crippen molar-refractivity contribution in [3.8, 4) is 57.5 Å². The standard InChI is InChI=1S/C105H190N10O10/c1-106(2,3)51-31-41-61-116-96-76-87-72-89-79-101(121-66-46-36-56-111(16,17)18)91(81-100(89)120-65-45-35-55-110(13,14)15)74-93-83-105(125-70-50-40-60-115(28,29)30)95(85-104(93)124-69-49-39-59-114(25,26)27)75-94-84-102(122-67-47-37-57-112(19,20)21)92(82-103(94)123-68-48-38-58-113(22,23)24)73-90-80-98(118-63-43-33-53-108(7,8)9)88(78-99(90)119-64-44-34-54-109(10,11)12)71-86(96)77-97(87)117-62-42-32-52-107(4,5)6/h76-85H,31-75H2,1-30H3/q+10. The Bertz CT molecular complexity index is 3120. The zero-order valence-electron chi connectivity index (χ0n) is 86.1. The molecule has 125 heavy (non-hydrogen) atoms. The fourth-order valence-corrected chi connectivity index (χ4v) is 15.7. The summed E-state index contributed by atoms with van der Waals surface area (Å²) in [5.74, 6) is 8.43. The van der Waals surface area contributed by atoms with Gasteiger partial charge in [0, 0.05) is 87.7 Å². The van der Waals surface area contributed by atoms with E-state index in [1.807, 2.05) is 0 Å². The van der Waals surface area contributed by atoms with Gasteiger partial charge < -0.3 is 92.2 Å². The molecule has 10 bridgehead atoms. The smallest absolute Gasteiger partial charge is 0.123 e. The largest absolute Gasteiger partial charge is 0.493 e. The highest BCUT2D eigenvalue weighted by molar-refractivity contribution is 5.60. The van der Waals surface area contributed by atoms with Crippen LogP contribution in [0.1, 0.15) is 184 Å². The molecule has 5 aromatic carbocycles. The van der Waals surface area contributed by atoms with Crippen LogP contribution in [0.4, 0.5) is 0 Å². The first-order valence-electron chi connectivity index (χ1n) is 48.3. The summed E-state index contributed by atoms with van der Waals surface area (Å²) in [7, 11) is 68.4. The summed E-state index contributed by atoms with van der Waals surface area (Å²) in [5, 5.41) is 0. The minimum Gasteiger partial charge on any atom is -0.493 e. The van der Waals surface area contributed by atoms with Crippen molar-refractivity contribution in [3.05, 3.63) is 116 Å². The number of hydrogen-bond donors (Lipinski definition) is 0. The highest BCUT2D eigenvalue weighted by atomic mass is 16.5. The average Bonchev–Trinajstić information content (AvgIpc) is 1.52. The van der Waals surface area contributed by atoms with E-state index in [2.05, 4.69) is 272 Å². The summed E-state index contributed by atoms with van der Waals surface area (Å²) in [5.41, 5.74) is 10.4. The molecule has 0 amide bonds. The maximum absolute atomic E-state index is 7.37. The van der Waals surface area contributed by atoms with E-state index in [9.17, 15) is 0 Å². The third-order valence-electron chi connectivity index (χ3n) is 22.9. The van der Waals surface area contributed by atoms with Crippen molar-refractivity contribution in [1.29, 1.82) is 0 Å². The van der Waals surface area contributed by atoms with Gasteiger partial charge in [0.1, 0.15) is 57.5 Å². The van der Waals surface area contributed by atoms with Gasteiger partial charge in [0.25, 0.3) is 0 Å². The van der Waals surface area contributed by atoms with Gasteiger partial charge in [-0.1, -0.05) is 0 Å². The summed E-state index contributed by atoms with van der Waals surface area (Å²) >= 11 is 0. The second-order valence-corrected chi connectivity index (χ2v) is 46.9. The van der Waals surface area contributed by atoms with Gasteiger partial charge in [-0.05, 0) is 189 Å². The van der Waals surface area contributed by atoms with E-state index < -0.39 is 0 Å². The van der Waals surface area contributed by atoms with Gasteiger partial charge in [-0.2, -0.15) is 0 Å². The molecule has 0 unspecified atom stereocenters. The second-order valence-electron chi connectivity index (χ2n) is 46.9.